The number of hydrogen-bond donors (Lipinski definition) is 3. The Kier molecular flexibility index (Phi) is 10.4. The number of imide groups is 1. The number of nitrogens with zero attached hydrogens (tertiary/aromatic N) is 5. The Morgan fingerprint density at radius 1 is 1.00 bits per heavy atom. The molecule has 0 bridgehead atoms. The number of alkyl carbamates (subject to hydrolysis) is 1. The molecule has 5 rings (SSSR count). The molecule has 2 heterocycles. The van der Waals surface area contributed by atoms with Crippen molar-refractivity contribution in [3.63, 3.8) is 0 Å². The Balaban J connectivity index is 1.29. The predicted molar refractivity (Wildman–Crippen MR) is 178 cm³/mol. The number of aryl methyl sites for hydroxylation is 1. The van der Waals surface area contributed by atoms with Crippen molar-refractivity contribution >= 4 is 23.6 Å². The molecule has 3 amide bonds. The number of amides is 3. The summed E-state index contributed by atoms with van der Waals surface area (Å²) in [5.74, 6) is -0.490. The van der Waals surface area contributed by atoms with Gasteiger partial charge < -0.3 is 15.8 Å². The first-order valence-corrected chi connectivity index (χ1v) is 15.9. The van der Waals surface area contributed by atoms with Gasteiger partial charge in [0.2, 0.25) is 11.7 Å². The topological polar surface area (TPSA) is 169 Å². The van der Waals surface area contributed by atoms with Crippen LogP contribution in [0.2, 0.25) is 0 Å². The van der Waals surface area contributed by atoms with Crippen LogP contribution in [0, 0.1) is 18.8 Å². The molecule has 1 fully saturated rings. The first-order chi connectivity index (χ1) is 22.5. The van der Waals surface area contributed by atoms with E-state index in [1.807, 2.05) is 64.2 Å². The van der Waals surface area contributed by atoms with Gasteiger partial charge in [-0.3, -0.25) is 14.6 Å². The van der Waals surface area contributed by atoms with Crippen molar-refractivity contribution in [1.82, 2.24) is 30.9 Å². The highest BCUT2D eigenvalue weighted by Crippen LogP contribution is 2.32. The molecule has 12 heteroatoms. The quantitative estimate of drug-likeness (QED) is 0.228. The number of benzene rings is 2. The van der Waals surface area contributed by atoms with Gasteiger partial charge in [0.1, 0.15) is 5.60 Å². The van der Waals surface area contributed by atoms with Crippen LogP contribution in [0.15, 0.2) is 67.0 Å². The molecule has 2 aromatic carbocycles. The zero-order valence-corrected chi connectivity index (χ0v) is 27.3. The number of H-pyrrole nitrogens is 1. The highest BCUT2D eigenvalue weighted by Gasteiger charge is 2.35. The van der Waals surface area contributed by atoms with Crippen molar-refractivity contribution in [2.45, 2.75) is 71.4 Å². The van der Waals surface area contributed by atoms with Crippen LogP contribution >= 0.6 is 0 Å². The van der Waals surface area contributed by atoms with Gasteiger partial charge in [0.05, 0.1) is 11.7 Å². The van der Waals surface area contributed by atoms with Crippen molar-refractivity contribution in [3.05, 3.63) is 78.1 Å². The van der Waals surface area contributed by atoms with Crippen molar-refractivity contribution < 1.29 is 19.1 Å². The second-order valence-corrected chi connectivity index (χ2v) is 13.1. The van der Waals surface area contributed by atoms with E-state index in [0.717, 1.165) is 35.1 Å². The minimum atomic E-state index is -0.948. The molecule has 1 atom stereocenters. The molecule has 0 aliphatic heterocycles. The summed E-state index contributed by atoms with van der Waals surface area (Å²) in [4.78, 5) is 45.7. The van der Waals surface area contributed by atoms with E-state index in [1.165, 1.54) is 4.90 Å². The summed E-state index contributed by atoms with van der Waals surface area (Å²) >= 11 is 0. The van der Waals surface area contributed by atoms with Gasteiger partial charge in [-0.25, -0.2) is 9.69 Å². The molecule has 246 valence electrons. The molecule has 0 saturated heterocycles. The van der Waals surface area contributed by atoms with Gasteiger partial charge >= 0.3 is 6.09 Å². The summed E-state index contributed by atoms with van der Waals surface area (Å²) in [5.41, 5.74) is 11.1. The number of carbonyl (C=O) groups excluding carboxylic acids is 3. The van der Waals surface area contributed by atoms with Crippen LogP contribution in [-0.2, 0) is 20.7 Å². The van der Waals surface area contributed by atoms with Crippen molar-refractivity contribution in [3.8, 4) is 22.5 Å². The number of tetrazole rings is 1. The van der Waals surface area contributed by atoms with Gasteiger partial charge in [-0.15, -0.1) is 10.2 Å². The highest BCUT2D eigenvalue weighted by molar-refractivity contribution is 6.17. The number of carbonyl (C=O) groups is 3. The predicted octanol–water partition coefficient (Wildman–Crippen LogP) is 5.00. The van der Waals surface area contributed by atoms with E-state index in [-0.39, 0.29) is 24.2 Å². The standard InChI is InChI=1S/C35H42N8O4/c1-22-17-18-37-21-29(22)25-9-5-23(6-10-25)19-30(36)33(45)43(28-15-13-26(14-16-28)31-39-41-42-40-31)32(44)27-11-7-24(8-12-27)20-38-34(46)47-35(2,3)4/h5-6,9-10,13-18,21,24,27,30H,7-8,11-12,19-20,36H2,1-4H3,(H,38,46)(H,39,40,41,42)/t24?,27?,30-/m0/s1. The maximum absolute atomic E-state index is 14.1. The first-order valence-electron chi connectivity index (χ1n) is 15.9. The SMILES string of the molecule is Cc1ccncc1-c1ccc(C[C@H](N)C(=O)N(C(=O)C2CCC(CNC(=O)OC(C)(C)C)CC2)c2ccc(-c3nn[nH]n3)cc2)cc1. The van der Waals surface area contributed by atoms with Gasteiger partial charge in [-0.05, 0) is 118 Å². The summed E-state index contributed by atoms with van der Waals surface area (Å²) in [5, 5.41) is 16.9. The summed E-state index contributed by atoms with van der Waals surface area (Å²) in [6.45, 7) is 7.97. The minimum absolute atomic E-state index is 0.214. The largest absolute Gasteiger partial charge is 0.444 e. The van der Waals surface area contributed by atoms with Crippen molar-refractivity contribution in [2.75, 3.05) is 11.4 Å². The third kappa shape index (κ3) is 8.64. The fourth-order valence-corrected chi connectivity index (χ4v) is 5.84. The second kappa shape index (κ2) is 14.6. The lowest BCUT2D eigenvalue weighted by atomic mass is 9.81. The third-order valence-electron chi connectivity index (χ3n) is 8.38. The van der Waals surface area contributed by atoms with Gasteiger partial charge in [0, 0.05) is 36.0 Å². The van der Waals surface area contributed by atoms with E-state index >= 15 is 0 Å². The van der Waals surface area contributed by atoms with E-state index in [9.17, 15) is 14.4 Å². The van der Waals surface area contributed by atoms with E-state index in [4.69, 9.17) is 10.5 Å². The fourth-order valence-electron chi connectivity index (χ4n) is 5.84. The lowest BCUT2D eigenvalue weighted by molar-refractivity contribution is -0.130. The molecule has 0 unspecified atom stereocenters. The number of rotatable bonds is 9. The van der Waals surface area contributed by atoms with Crippen LogP contribution < -0.4 is 16.0 Å². The molecule has 4 aromatic rings. The number of aromatic nitrogens is 5. The molecular weight excluding hydrogens is 596 g/mol. The Hall–Kier alpha value is -4.97. The zero-order valence-electron chi connectivity index (χ0n) is 27.3. The average Bonchev–Trinajstić information content (AvgIpc) is 3.60. The van der Waals surface area contributed by atoms with Crippen LogP contribution in [0.5, 0.6) is 0 Å². The normalized spacial score (nSPS) is 17.0. The zero-order chi connectivity index (χ0) is 33.6. The lowest BCUT2D eigenvalue weighted by Crippen LogP contribution is -2.50. The summed E-state index contributed by atoms with van der Waals surface area (Å²) in [6, 6.07) is 15.8. The molecule has 12 nitrogen and oxygen atoms in total. The van der Waals surface area contributed by atoms with E-state index in [1.54, 1.807) is 30.5 Å². The molecule has 2 aromatic heterocycles. The van der Waals surface area contributed by atoms with E-state index < -0.39 is 23.6 Å². The summed E-state index contributed by atoms with van der Waals surface area (Å²) < 4.78 is 5.35. The molecule has 1 aliphatic rings. The Morgan fingerprint density at radius 3 is 2.30 bits per heavy atom. The van der Waals surface area contributed by atoms with Crippen LogP contribution in [0.4, 0.5) is 10.5 Å². The number of aromatic amines is 1. The maximum Gasteiger partial charge on any atom is 0.407 e. The van der Waals surface area contributed by atoms with Gasteiger partial charge in [-0.2, -0.15) is 5.21 Å². The Labute approximate surface area is 274 Å². The number of nitrogens with two attached hydrogens (primary N) is 1. The molecule has 4 N–H and O–H groups in total. The molecule has 1 aliphatic carbocycles. The minimum Gasteiger partial charge on any atom is -0.444 e. The van der Waals surface area contributed by atoms with E-state index in [0.29, 0.717) is 36.5 Å². The Bertz CT molecular complexity index is 1660. The summed E-state index contributed by atoms with van der Waals surface area (Å²) in [6.07, 6.45) is 6.06. The molecular formula is C35H42N8O4. The highest BCUT2D eigenvalue weighted by atomic mass is 16.6. The second-order valence-electron chi connectivity index (χ2n) is 13.1. The number of ether oxygens (including phenoxy) is 1. The molecule has 47 heavy (non-hydrogen) atoms. The van der Waals surface area contributed by atoms with Crippen LogP contribution in [0.1, 0.15) is 57.6 Å². The molecule has 0 spiro atoms. The monoisotopic (exact) mass is 638 g/mol. The van der Waals surface area contributed by atoms with Crippen LogP contribution in [0.25, 0.3) is 22.5 Å². The van der Waals surface area contributed by atoms with Gasteiger partial charge in [-0.1, -0.05) is 24.3 Å². The molecule has 0 radical (unpaired) electrons. The Morgan fingerprint density at radius 2 is 1.68 bits per heavy atom. The van der Waals surface area contributed by atoms with Crippen LogP contribution in [-0.4, -0.2) is 61.7 Å². The van der Waals surface area contributed by atoms with E-state index in [2.05, 4.69) is 30.9 Å². The number of hydrogen-bond acceptors (Lipinski definition) is 9. The third-order valence-corrected chi connectivity index (χ3v) is 8.38. The smallest absolute Gasteiger partial charge is 0.407 e. The lowest BCUT2D eigenvalue weighted by Gasteiger charge is -2.32. The summed E-state index contributed by atoms with van der Waals surface area (Å²) in [7, 11) is 0. The van der Waals surface area contributed by atoms with Gasteiger partial charge in [0.15, 0.2) is 0 Å². The number of nitrogens with one attached hydrogen (secondary N) is 2. The van der Waals surface area contributed by atoms with Crippen molar-refractivity contribution in [2.24, 2.45) is 17.6 Å². The first kappa shape index (κ1) is 33.4. The number of anilines is 1. The fraction of sp³-hybridized carbons (Fsp3) is 0.400. The van der Waals surface area contributed by atoms with Crippen LogP contribution in [0.3, 0.4) is 0 Å². The average molecular weight is 639 g/mol. The maximum atomic E-state index is 14.1. The number of pyridine rings is 1. The van der Waals surface area contributed by atoms with Crippen molar-refractivity contribution in [1.29, 1.82) is 0 Å². The molecule has 1 saturated carbocycles. The van der Waals surface area contributed by atoms with Gasteiger partial charge in [0.25, 0.3) is 5.91 Å².